The SMILES string of the molecule is C=C(C)/C(F)=C\C(=C/C)C(=O)Nc1ccc2c(c1)B(O)OC2(C)C. The van der Waals surface area contributed by atoms with Gasteiger partial charge >= 0.3 is 7.12 Å². The number of fused-ring (bicyclic) bond motifs is 1. The van der Waals surface area contributed by atoms with Gasteiger partial charge in [0.2, 0.25) is 0 Å². The van der Waals surface area contributed by atoms with Crippen LogP contribution in [-0.4, -0.2) is 18.0 Å². The zero-order valence-corrected chi connectivity index (χ0v) is 14.3. The summed E-state index contributed by atoms with van der Waals surface area (Å²) < 4.78 is 19.2. The summed E-state index contributed by atoms with van der Waals surface area (Å²) in [7, 11) is -1.03. The van der Waals surface area contributed by atoms with E-state index >= 15 is 0 Å². The van der Waals surface area contributed by atoms with Crippen molar-refractivity contribution in [3.8, 4) is 0 Å². The summed E-state index contributed by atoms with van der Waals surface area (Å²) in [6.45, 7) is 10.4. The number of nitrogens with one attached hydrogen (secondary N) is 1. The molecule has 0 spiro atoms. The number of hydrogen-bond donors (Lipinski definition) is 2. The maximum absolute atomic E-state index is 13.7. The number of rotatable bonds is 4. The Labute approximate surface area is 141 Å². The molecule has 0 atom stereocenters. The van der Waals surface area contributed by atoms with E-state index < -0.39 is 24.5 Å². The molecule has 1 aliphatic heterocycles. The predicted octanol–water partition coefficient (Wildman–Crippen LogP) is 2.95. The Balaban J connectivity index is 2.23. The quantitative estimate of drug-likeness (QED) is 0.507. The highest BCUT2D eigenvalue weighted by molar-refractivity contribution is 6.62. The number of amides is 1. The molecular formula is C18H21BFNO3. The predicted molar refractivity (Wildman–Crippen MR) is 94.6 cm³/mol. The molecule has 0 radical (unpaired) electrons. The van der Waals surface area contributed by atoms with Gasteiger partial charge in [-0.05, 0) is 62.5 Å². The fourth-order valence-electron chi connectivity index (χ4n) is 2.54. The highest BCUT2D eigenvalue weighted by Crippen LogP contribution is 2.30. The third-order valence-electron chi connectivity index (χ3n) is 3.89. The smallest absolute Gasteiger partial charge is 0.423 e. The molecule has 0 saturated heterocycles. The van der Waals surface area contributed by atoms with Gasteiger partial charge in [0.25, 0.3) is 5.91 Å². The van der Waals surface area contributed by atoms with Crippen LogP contribution in [0.15, 0.2) is 53.9 Å². The van der Waals surface area contributed by atoms with E-state index in [2.05, 4.69) is 11.9 Å². The molecule has 6 heteroatoms. The fraction of sp³-hybridized carbons (Fsp3) is 0.278. The Hall–Kier alpha value is -2.18. The molecule has 24 heavy (non-hydrogen) atoms. The second-order valence-electron chi connectivity index (χ2n) is 6.25. The summed E-state index contributed by atoms with van der Waals surface area (Å²) in [6, 6.07) is 5.20. The molecule has 0 bridgehead atoms. The largest absolute Gasteiger partial charge is 0.492 e. The highest BCUT2D eigenvalue weighted by Gasteiger charge is 2.40. The molecule has 1 aliphatic rings. The molecule has 0 saturated carbocycles. The number of carbonyl (C=O) groups is 1. The topological polar surface area (TPSA) is 58.6 Å². The maximum Gasteiger partial charge on any atom is 0.492 e. The van der Waals surface area contributed by atoms with Gasteiger partial charge in [-0.1, -0.05) is 18.7 Å². The van der Waals surface area contributed by atoms with Crippen LogP contribution in [0, 0.1) is 0 Å². The summed E-state index contributed by atoms with van der Waals surface area (Å²) in [5, 5.41) is 12.7. The lowest BCUT2D eigenvalue weighted by molar-refractivity contribution is -0.112. The zero-order valence-electron chi connectivity index (χ0n) is 14.3. The van der Waals surface area contributed by atoms with Crippen LogP contribution in [0.2, 0.25) is 0 Å². The molecule has 126 valence electrons. The average molecular weight is 329 g/mol. The summed E-state index contributed by atoms with van der Waals surface area (Å²) in [4.78, 5) is 12.3. The third kappa shape index (κ3) is 3.66. The minimum Gasteiger partial charge on any atom is -0.423 e. The van der Waals surface area contributed by atoms with Crippen molar-refractivity contribution in [2.24, 2.45) is 0 Å². The Morgan fingerprint density at radius 2 is 2.12 bits per heavy atom. The first-order chi connectivity index (χ1) is 11.2. The van der Waals surface area contributed by atoms with Crippen LogP contribution < -0.4 is 10.8 Å². The van der Waals surface area contributed by atoms with E-state index in [4.69, 9.17) is 4.65 Å². The Morgan fingerprint density at radius 1 is 1.46 bits per heavy atom. The first-order valence-electron chi connectivity index (χ1n) is 7.66. The van der Waals surface area contributed by atoms with Crippen molar-refractivity contribution < 1.29 is 18.9 Å². The third-order valence-corrected chi connectivity index (χ3v) is 3.89. The van der Waals surface area contributed by atoms with Crippen LogP contribution in [0.5, 0.6) is 0 Å². The molecule has 1 aromatic carbocycles. The average Bonchev–Trinajstić information content (AvgIpc) is 2.73. The van der Waals surface area contributed by atoms with Crippen molar-refractivity contribution >= 4 is 24.2 Å². The second-order valence-corrected chi connectivity index (χ2v) is 6.25. The molecular weight excluding hydrogens is 308 g/mol. The number of carbonyl (C=O) groups excluding carboxylic acids is 1. The molecule has 0 aromatic heterocycles. The molecule has 2 rings (SSSR count). The lowest BCUT2D eigenvalue weighted by Gasteiger charge is -2.19. The van der Waals surface area contributed by atoms with Crippen LogP contribution >= 0.6 is 0 Å². The van der Waals surface area contributed by atoms with Gasteiger partial charge in [-0.15, -0.1) is 0 Å². The van der Waals surface area contributed by atoms with Crippen LogP contribution in [0.4, 0.5) is 10.1 Å². The molecule has 0 fully saturated rings. The van der Waals surface area contributed by atoms with Crippen molar-refractivity contribution in [2.75, 3.05) is 5.32 Å². The zero-order chi connectivity index (χ0) is 18.1. The number of halogens is 1. The molecule has 1 amide bonds. The first kappa shape index (κ1) is 18.2. The number of benzene rings is 1. The normalized spacial score (nSPS) is 16.8. The maximum atomic E-state index is 13.7. The van der Waals surface area contributed by atoms with Crippen LogP contribution in [0.1, 0.15) is 33.3 Å². The van der Waals surface area contributed by atoms with E-state index in [1.54, 1.807) is 25.1 Å². The fourth-order valence-corrected chi connectivity index (χ4v) is 2.54. The Morgan fingerprint density at radius 3 is 2.71 bits per heavy atom. The van der Waals surface area contributed by atoms with Crippen LogP contribution in [0.3, 0.4) is 0 Å². The van der Waals surface area contributed by atoms with E-state index in [1.165, 1.54) is 13.0 Å². The standard InChI is InChI=1S/C18H21BFNO3/c1-6-12(9-16(20)11(2)3)17(22)21-13-7-8-14-15(10-13)19(23)24-18(14,4)5/h6-10,23H,2H2,1,3-5H3,(H,21,22)/b12-6+,16-9+. The van der Waals surface area contributed by atoms with E-state index in [0.717, 1.165) is 11.6 Å². The minimum atomic E-state index is -1.03. The van der Waals surface area contributed by atoms with Gasteiger partial charge < -0.3 is 15.0 Å². The lowest BCUT2D eigenvalue weighted by atomic mass is 9.78. The van der Waals surface area contributed by atoms with Crippen molar-refractivity contribution in [1.29, 1.82) is 0 Å². The summed E-state index contributed by atoms with van der Waals surface area (Å²) in [6.07, 6.45) is 2.67. The van der Waals surface area contributed by atoms with Crippen molar-refractivity contribution in [2.45, 2.75) is 33.3 Å². The van der Waals surface area contributed by atoms with E-state index in [-0.39, 0.29) is 11.1 Å². The Bertz CT molecular complexity index is 753. The molecule has 4 nitrogen and oxygen atoms in total. The Kier molecular flexibility index (Phi) is 5.11. The first-order valence-corrected chi connectivity index (χ1v) is 7.66. The van der Waals surface area contributed by atoms with E-state index in [9.17, 15) is 14.2 Å². The van der Waals surface area contributed by atoms with Gasteiger partial charge in [-0.3, -0.25) is 4.79 Å². The molecule has 0 aliphatic carbocycles. The summed E-state index contributed by atoms with van der Waals surface area (Å²) in [5.41, 5.74) is 1.84. The highest BCUT2D eigenvalue weighted by atomic mass is 19.1. The molecule has 0 unspecified atom stereocenters. The van der Waals surface area contributed by atoms with Crippen LogP contribution in [-0.2, 0) is 15.0 Å². The summed E-state index contributed by atoms with van der Waals surface area (Å²) in [5.74, 6) is -0.987. The molecule has 2 N–H and O–H groups in total. The van der Waals surface area contributed by atoms with Gasteiger partial charge in [0.1, 0.15) is 5.83 Å². The monoisotopic (exact) mass is 329 g/mol. The summed E-state index contributed by atoms with van der Waals surface area (Å²) >= 11 is 0. The van der Waals surface area contributed by atoms with Gasteiger partial charge in [-0.25, -0.2) is 4.39 Å². The van der Waals surface area contributed by atoms with E-state index in [0.29, 0.717) is 11.2 Å². The number of allylic oxidation sites excluding steroid dienone is 3. The van der Waals surface area contributed by atoms with Gasteiger partial charge in [0, 0.05) is 11.3 Å². The van der Waals surface area contributed by atoms with Crippen molar-refractivity contribution in [3.63, 3.8) is 0 Å². The molecule has 1 heterocycles. The van der Waals surface area contributed by atoms with Crippen molar-refractivity contribution in [3.05, 3.63) is 59.5 Å². The number of hydrogen-bond acceptors (Lipinski definition) is 3. The second kappa shape index (κ2) is 6.75. The van der Waals surface area contributed by atoms with Gasteiger partial charge in [0.05, 0.1) is 5.60 Å². The lowest BCUT2D eigenvalue weighted by Crippen LogP contribution is -2.29. The van der Waals surface area contributed by atoms with Crippen LogP contribution in [0.25, 0.3) is 0 Å². The van der Waals surface area contributed by atoms with E-state index in [1.807, 2.05) is 13.8 Å². The van der Waals surface area contributed by atoms with Crippen molar-refractivity contribution in [1.82, 2.24) is 0 Å². The molecule has 1 aromatic rings. The van der Waals surface area contributed by atoms with Gasteiger partial charge in [0.15, 0.2) is 0 Å². The van der Waals surface area contributed by atoms with Gasteiger partial charge in [-0.2, -0.15) is 0 Å². The minimum absolute atomic E-state index is 0.188. The number of anilines is 1.